The second-order valence-electron chi connectivity index (χ2n) is 4.40. The first-order chi connectivity index (χ1) is 9.70. The summed E-state index contributed by atoms with van der Waals surface area (Å²) in [6.45, 7) is 3.78. The minimum Gasteiger partial charge on any atom is -0.313 e. The lowest BCUT2D eigenvalue weighted by atomic mass is 10.2. The number of nitrogens with zero attached hydrogens (tertiary/aromatic N) is 3. The second-order valence-corrected chi connectivity index (χ2v) is 4.40. The molecule has 0 saturated heterocycles. The number of nitro benzene ring substituents is 1. The first-order valence-electron chi connectivity index (χ1n) is 6.47. The van der Waals surface area contributed by atoms with Crippen molar-refractivity contribution in [2.45, 2.75) is 19.9 Å². The molecular weight excluding hydrogens is 256 g/mol. The Morgan fingerprint density at radius 1 is 1.30 bits per heavy atom. The quantitative estimate of drug-likeness (QED) is 0.496. The molecule has 1 aromatic carbocycles. The lowest BCUT2D eigenvalue weighted by Gasteiger charge is -2.04. The summed E-state index contributed by atoms with van der Waals surface area (Å²) in [5.41, 5.74) is 1.68. The van der Waals surface area contributed by atoms with E-state index in [1.165, 1.54) is 12.1 Å². The van der Waals surface area contributed by atoms with Crippen molar-refractivity contribution >= 4 is 5.69 Å². The highest BCUT2D eigenvalue weighted by atomic mass is 16.6. The third kappa shape index (κ3) is 3.58. The van der Waals surface area contributed by atoms with Gasteiger partial charge in [0.15, 0.2) is 5.82 Å². The summed E-state index contributed by atoms with van der Waals surface area (Å²) in [7, 11) is 0. The summed E-state index contributed by atoms with van der Waals surface area (Å²) in [5.74, 6) is 0.493. The van der Waals surface area contributed by atoms with Gasteiger partial charge in [-0.05, 0) is 13.0 Å². The topological polar surface area (TPSA) is 81.0 Å². The summed E-state index contributed by atoms with van der Waals surface area (Å²) in [6, 6.07) is 6.32. The van der Waals surface area contributed by atoms with Crippen LogP contribution in [0.4, 0.5) is 5.69 Å². The van der Waals surface area contributed by atoms with Gasteiger partial charge >= 0.3 is 0 Å². The molecule has 1 heterocycles. The van der Waals surface area contributed by atoms with Crippen LogP contribution in [0.5, 0.6) is 0 Å². The standard InChI is InChI=1S/C14H16N4O2/c1-2-6-15-8-11-9-16-14(17-10-11)12-4-3-5-13(7-12)18(19)20/h3-5,7,9-10,15H,2,6,8H2,1H3. The van der Waals surface area contributed by atoms with Gasteiger partial charge in [-0.3, -0.25) is 10.1 Å². The highest BCUT2D eigenvalue weighted by Gasteiger charge is 2.08. The Labute approximate surface area is 117 Å². The molecule has 0 spiro atoms. The smallest absolute Gasteiger partial charge is 0.270 e. The van der Waals surface area contributed by atoms with Crippen molar-refractivity contribution in [3.8, 4) is 11.4 Å². The fourth-order valence-corrected chi connectivity index (χ4v) is 1.76. The predicted octanol–water partition coefficient (Wildman–Crippen LogP) is 2.55. The zero-order valence-corrected chi connectivity index (χ0v) is 11.2. The van der Waals surface area contributed by atoms with E-state index in [9.17, 15) is 10.1 Å². The zero-order valence-electron chi connectivity index (χ0n) is 11.2. The number of nitro groups is 1. The highest BCUT2D eigenvalue weighted by molar-refractivity contribution is 5.58. The van der Waals surface area contributed by atoms with Crippen molar-refractivity contribution in [1.82, 2.24) is 15.3 Å². The summed E-state index contributed by atoms with van der Waals surface area (Å²) in [4.78, 5) is 18.8. The van der Waals surface area contributed by atoms with E-state index in [2.05, 4.69) is 22.2 Å². The van der Waals surface area contributed by atoms with Gasteiger partial charge in [0, 0.05) is 42.2 Å². The number of rotatable bonds is 6. The molecule has 0 aliphatic rings. The van der Waals surface area contributed by atoms with E-state index in [1.54, 1.807) is 24.5 Å². The number of hydrogen-bond donors (Lipinski definition) is 1. The van der Waals surface area contributed by atoms with Crippen LogP contribution < -0.4 is 5.32 Å². The SMILES string of the molecule is CCCNCc1cnc(-c2cccc([N+](=O)[O-])c2)nc1. The van der Waals surface area contributed by atoms with Crippen LogP contribution >= 0.6 is 0 Å². The summed E-state index contributed by atoms with van der Waals surface area (Å²) >= 11 is 0. The van der Waals surface area contributed by atoms with E-state index < -0.39 is 4.92 Å². The number of non-ortho nitro benzene ring substituents is 1. The molecule has 1 N–H and O–H groups in total. The first kappa shape index (κ1) is 14.1. The van der Waals surface area contributed by atoms with E-state index in [-0.39, 0.29) is 5.69 Å². The van der Waals surface area contributed by atoms with Gasteiger partial charge in [0.05, 0.1) is 4.92 Å². The van der Waals surface area contributed by atoms with Crippen LogP contribution in [0.2, 0.25) is 0 Å². The lowest BCUT2D eigenvalue weighted by molar-refractivity contribution is -0.384. The minimum absolute atomic E-state index is 0.0415. The van der Waals surface area contributed by atoms with Gasteiger partial charge < -0.3 is 5.32 Å². The van der Waals surface area contributed by atoms with Gasteiger partial charge in [-0.25, -0.2) is 9.97 Å². The second kappa shape index (κ2) is 6.72. The van der Waals surface area contributed by atoms with E-state index in [1.807, 2.05) is 0 Å². The van der Waals surface area contributed by atoms with E-state index in [4.69, 9.17) is 0 Å². The van der Waals surface area contributed by atoms with Crippen molar-refractivity contribution in [2.24, 2.45) is 0 Å². The molecular formula is C14H16N4O2. The molecule has 0 fully saturated rings. The number of nitrogens with one attached hydrogen (secondary N) is 1. The highest BCUT2D eigenvalue weighted by Crippen LogP contribution is 2.20. The fraction of sp³-hybridized carbons (Fsp3) is 0.286. The van der Waals surface area contributed by atoms with E-state index in [0.29, 0.717) is 11.4 Å². The Balaban J connectivity index is 2.13. The molecule has 0 atom stereocenters. The molecule has 20 heavy (non-hydrogen) atoms. The van der Waals surface area contributed by atoms with Crippen LogP contribution in [0.25, 0.3) is 11.4 Å². The van der Waals surface area contributed by atoms with Crippen molar-refractivity contribution in [1.29, 1.82) is 0 Å². The fourth-order valence-electron chi connectivity index (χ4n) is 1.76. The summed E-state index contributed by atoms with van der Waals surface area (Å²) in [6.07, 6.45) is 4.56. The minimum atomic E-state index is -0.424. The Morgan fingerprint density at radius 3 is 2.70 bits per heavy atom. The van der Waals surface area contributed by atoms with Crippen LogP contribution in [0.3, 0.4) is 0 Å². The Kier molecular flexibility index (Phi) is 4.73. The molecule has 2 aromatic rings. The normalized spacial score (nSPS) is 10.4. The van der Waals surface area contributed by atoms with Crippen molar-refractivity contribution in [2.75, 3.05) is 6.54 Å². The van der Waals surface area contributed by atoms with Crippen molar-refractivity contribution in [3.63, 3.8) is 0 Å². The molecule has 2 rings (SSSR count). The first-order valence-corrected chi connectivity index (χ1v) is 6.47. The third-order valence-corrected chi connectivity index (χ3v) is 2.78. The summed E-state index contributed by atoms with van der Waals surface area (Å²) in [5, 5.41) is 14.0. The van der Waals surface area contributed by atoms with Crippen molar-refractivity contribution < 1.29 is 4.92 Å². The van der Waals surface area contributed by atoms with Gasteiger partial charge in [0.2, 0.25) is 0 Å². The van der Waals surface area contributed by atoms with Crippen LogP contribution in [0.1, 0.15) is 18.9 Å². The van der Waals surface area contributed by atoms with Gasteiger partial charge in [-0.2, -0.15) is 0 Å². The van der Waals surface area contributed by atoms with Crippen LogP contribution in [-0.4, -0.2) is 21.4 Å². The van der Waals surface area contributed by atoms with Gasteiger partial charge in [0.25, 0.3) is 5.69 Å². The zero-order chi connectivity index (χ0) is 14.4. The molecule has 104 valence electrons. The molecule has 1 aromatic heterocycles. The number of hydrogen-bond acceptors (Lipinski definition) is 5. The monoisotopic (exact) mass is 272 g/mol. The summed E-state index contributed by atoms with van der Waals surface area (Å²) < 4.78 is 0. The molecule has 0 saturated carbocycles. The van der Waals surface area contributed by atoms with E-state index >= 15 is 0 Å². The molecule has 6 nitrogen and oxygen atoms in total. The lowest BCUT2D eigenvalue weighted by Crippen LogP contribution is -2.14. The maximum Gasteiger partial charge on any atom is 0.270 e. The largest absolute Gasteiger partial charge is 0.313 e. The number of benzene rings is 1. The maximum atomic E-state index is 10.7. The molecule has 0 aliphatic heterocycles. The Bertz CT molecular complexity index is 584. The van der Waals surface area contributed by atoms with Crippen LogP contribution in [-0.2, 0) is 6.54 Å². The molecule has 0 amide bonds. The average molecular weight is 272 g/mol. The number of aromatic nitrogens is 2. The van der Waals surface area contributed by atoms with Crippen LogP contribution in [0, 0.1) is 10.1 Å². The molecule has 6 heteroatoms. The molecule has 0 radical (unpaired) electrons. The Hall–Kier alpha value is -2.34. The molecule has 0 bridgehead atoms. The van der Waals surface area contributed by atoms with E-state index in [0.717, 1.165) is 25.1 Å². The van der Waals surface area contributed by atoms with Crippen LogP contribution in [0.15, 0.2) is 36.7 Å². The van der Waals surface area contributed by atoms with Gasteiger partial charge in [-0.15, -0.1) is 0 Å². The van der Waals surface area contributed by atoms with Crippen molar-refractivity contribution in [3.05, 3.63) is 52.3 Å². The van der Waals surface area contributed by atoms with Gasteiger partial charge in [-0.1, -0.05) is 19.1 Å². The van der Waals surface area contributed by atoms with Gasteiger partial charge in [0.1, 0.15) is 0 Å². The molecule has 0 unspecified atom stereocenters. The molecule has 0 aliphatic carbocycles. The average Bonchev–Trinajstić information content (AvgIpc) is 2.48. The maximum absolute atomic E-state index is 10.7. The Morgan fingerprint density at radius 2 is 2.05 bits per heavy atom. The third-order valence-electron chi connectivity index (χ3n) is 2.78. The predicted molar refractivity (Wildman–Crippen MR) is 76.1 cm³/mol.